The number of hydrogen-bond acceptors (Lipinski definition) is 6. The van der Waals surface area contributed by atoms with Crippen LogP contribution in [0.1, 0.15) is 72.0 Å². The van der Waals surface area contributed by atoms with Crippen molar-refractivity contribution in [3.63, 3.8) is 0 Å². The summed E-state index contributed by atoms with van der Waals surface area (Å²) in [7, 11) is 0. The first-order chi connectivity index (χ1) is 20.5. The molecule has 2 saturated heterocycles. The van der Waals surface area contributed by atoms with E-state index < -0.39 is 29.5 Å². The number of hydrogen-bond donors (Lipinski definition) is 1. The van der Waals surface area contributed by atoms with Crippen LogP contribution in [0.15, 0.2) is 36.4 Å². The van der Waals surface area contributed by atoms with Gasteiger partial charge in [0.05, 0.1) is 11.5 Å². The highest BCUT2D eigenvalue weighted by atomic mass is 35.5. The number of rotatable bonds is 9. The van der Waals surface area contributed by atoms with Crippen molar-refractivity contribution in [2.24, 2.45) is 0 Å². The molecule has 2 aromatic rings. The maximum atomic E-state index is 13.0. The van der Waals surface area contributed by atoms with E-state index in [1.807, 2.05) is 12.1 Å². The van der Waals surface area contributed by atoms with Crippen LogP contribution >= 0.6 is 11.6 Å². The number of nitrogens with one attached hydrogen (secondary N) is 1. The molecule has 5 rings (SSSR count). The van der Waals surface area contributed by atoms with E-state index in [4.69, 9.17) is 11.6 Å². The van der Waals surface area contributed by atoms with Gasteiger partial charge in [-0.25, -0.2) is 0 Å². The second-order valence-electron chi connectivity index (χ2n) is 11.4. The zero-order valence-electron chi connectivity index (χ0n) is 23.5. The highest BCUT2D eigenvalue weighted by Crippen LogP contribution is 2.41. The first-order valence-electron chi connectivity index (χ1n) is 14.4. The molecule has 0 aliphatic carbocycles. The number of carbonyl (C=O) groups excluding carboxylic acids is 3. The molecule has 0 radical (unpaired) electrons. The van der Waals surface area contributed by atoms with E-state index in [1.165, 1.54) is 12.1 Å². The van der Waals surface area contributed by atoms with Crippen LogP contribution in [0, 0.1) is 11.3 Å². The number of fused-ring (bicyclic) bond motifs is 1. The van der Waals surface area contributed by atoms with E-state index in [1.54, 1.807) is 11.0 Å². The number of amides is 3. The molecule has 3 aliphatic rings. The van der Waals surface area contributed by atoms with E-state index in [0.29, 0.717) is 50.0 Å². The van der Waals surface area contributed by atoms with Gasteiger partial charge < -0.3 is 14.5 Å². The Bertz CT molecular complexity index is 1450. The summed E-state index contributed by atoms with van der Waals surface area (Å²) < 4.78 is 41.6. The van der Waals surface area contributed by atoms with E-state index in [9.17, 15) is 32.8 Å². The van der Waals surface area contributed by atoms with Gasteiger partial charge in [0.1, 0.15) is 11.8 Å². The standard InChI is InChI=1S/C31H32ClF3N4O4/c32-25-17-21(43-31(33,34)35)8-9-24(25)30(19-36)12-15-38(16-13-30)14-3-1-2-5-20-6-4-7-22-23(20)18-39(29(22)42)26-10-11-27(40)37-28(26)41/h4,6-9,17,26H,1-3,5,10-16,18H2,(H,37,40,41). The lowest BCUT2D eigenvalue weighted by atomic mass is 9.74. The largest absolute Gasteiger partial charge is 0.573 e. The van der Waals surface area contributed by atoms with Crippen LogP contribution in [0.5, 0.6) is 5.75 Å². The molecule has 43 heavy (non-hydrogen) atoms. The Balaban J connectivity index is 1.09. The SMILES string of the molecule is N#CC1(c2ccc(OC(F)(F)F)cc2Cl)CCN(CCCCCc2cccc3c2CN(C2CCC(=O)NC2=O)C3=O)CC1. The van der Waals surface area contributed by atoms with Crippen molar-refractivity contribution in [3.8, 4) is 11.8 Å². The molecule has 3 amide bonds. The second kappa shape index (κ2) is 12.5. The zero-order chi connectivity index (χ0) is 30.8. The second-order valence-corrected chi connectivity index (χ2v) is 11.8. The van der Waals surface area contributed by atoms with Gasteiger partial charge in [-0.1, -0.05) is 36.2 Å². The Kier molecular flexibility index (Phi) is 8.99. The van der Waals surface area contributed by atoms with E-state index in [0.717, 1.165) is 49.4 Å². The van der Waals surface area contributed by atoms with Gasteiger partial charge in [0.25, 0.3) is 5.91 Å². The van der Waals surface area contributed by atoms with Crippen LogP contribution in [0.4, 0.5) is 13.2 Å². The average molecular weight is 617 g/mol. The van der Waals surface area contributed by atoms with Crippen LogP contribution in [0.2, 0.25) is 5.02 Å². The maximum absolute atomic E-state index is 13.0. The summed E-state index contributed by atoms with van der Waals surface area (Å²) in [5.74, 6) is -1.31. The Morgan fingerprint density at radius 2 is 1.86 bits per heavy atom. The highest BCUT2D eigenvalue weighted by molar-refractivity contribution is 6.31. The lowest BCUT2D eigenvalue weighted by molar-refractivity contribution is -0.274. The number of unbranched alkanes of at least 4 members (excludes halogenated alkanes) is 2. The number of carbonyl (C=O) groups is 3. The van der Waals surface area contributed by atoms with Crippen LogP contribution in [-0.2, 0) is 28.0 Å². The van der Waals surface area contributed by atoms with Crippen LogP contribution in [0.3, 0.4) is 0 Å². The van der Waals surface area contributed by atoms with Gasteiger partial charge in [-0.2, -0.15) is 5.26 Å². The van der Waals surface area contributed by atoms with Gasteiger partial charge in [-0.05, 0) is 93.0 Å². The van der Waals surface area contributed by atoms with Crippen molar-refractivity contribution in [3.05, 3.63) is 63.7 Å². The monoisotopic (exact) mass is 616 g/mol. The summed E-state index contributed by atoms with van der Waals surface area (Å²) in [5.41, 5.74) is 2.34. The van der Waals surface area contributed by atoms with Gasteiger partial charge >= 0.3 is 6.36 Å². The summed E-state index contributed by atoms with van der Waals surface area (Å²) in [6, 6.07) is 11.2. The van der Waals surface area contributed by atoms with Gasteiger partial charge in [-0.15, -0.1) is 13.2 Å². The lowest BCUT2D eigenvalue weighted by Gasteiger charge is -2.38. The molecular formula is C31H32ClF3N4O4. The number of likely N-dealkylation sites (tertiary alicyclic amines) is 1. The quantitative estimate of drug-likeness (QED) is 0.304. The Labute approximate surface area is 252 Å². The van der Waals surface area contributed by atoms with Crippen molar-refractivity contribution >= 4 is 29.3 Å². The predicted molar refractivity (Wildman–Crippen MR) is 151 cm³/mol. The van der Waals surface area contributed by atoms with Gasteiger partial charge in [0.15, 0.2) is 0 Å². The number of alkyl halides is 3. The van der Waals surface area contributed by atoms with Crippen molar-refractivity contribution in [2.45, 2.75) is 75.7 Å². The Morgan fingerprint density at radius 3 is 2.53 bits per heavy atom. The molecule has 3 heterocycles. The minimum Gasteiger partial charge on any atom is -0.406 e. The molecule has 3 aliphatic heterocycles. The van der Waals surface area contributed by atoms with Gasteiger partial charge in [-0.3, -0.25) is 19.7 Å². The molecule has 2 aromatic carbocycles. The predicted octanol–water partition coefficient (Wildman–Crippen LogP) is 5.27. The third kappa shape index (κ3) is 6.81. The molecule has 0 bridgehead atoms. The molecule has 1 atom stereocenters. The fourth-order valence-electron chi connectivity index (χ4n) is 6.39. The number of ether oxygens (including phenoxy) is 1. The lowest BCUT2D eigenvalue weighted by Crippen LogP contribution is -2.52. The summed E-state index contributed by atoms with van der Waals surface area (Å²) in [6.45, 7) is 2.58. The van der Waals surface area contributed by atoms with E-state index >= 15 is 0 Å². The number of nitriles is 1. The van der Waals surface area contributed by atoms with Crippen molar-refractivity contribution < 1.29 is 32.3 Å². The van der Waals surface area contributed by atoms with Crippen molar-refractivity contribution in [1.82, 2.24) is 15.1 Å². The van der Waals surface area contributed by atoms with E-state index in [2.05, 4.69) is 21.0 Å². The first kappa shape index (κ1) is 30.8. The fraction of sp³-hybridized carbons (Fsp3) is 0.484. The van der Waals surface area contributed by atoms with Crippen LogP contribution in [-0.4, -0.2) is 59.6 Å². The molecule has 0 aromatic heterocycles. The van der Waals surface area contributed by atoms with Gasteiger partial charge in [0, 0.05) is 23.6 Å². The summed E-state index contributed by atoms with van der Waals surface area (Å²) >= 11 is 6.30. The summed E-state index contributed by atoms with van der Waals surface area (Å²) in [4.78, 5) is 40.8. The molecule has 228 valence electrons. The molecular weight excluding hydrogens is 585 g/mol. The number of aryl methyl sites for hydroxylation is 1. The third-order valence-electron chi connectivity index (χ3n) is 8.71. The molecule has 12 heteroatoms. The third-order valence-corrected chi connectivity index (χ3v) is 9.03. The number of halogens is 4. The zero-order valence-corrected chi connectivity index (χ0v) is 24.3. The minimum atomic E-state index is -4.82. The summed E-state index contributed by atoms with van der Waals surface area (Å²) in [6.07, 6.45) is 0.461. The molecule has 0 saturated carbocycles. The number of imide groups is 1. The van der Waals surface area contributed by atoms with Gasteiger partial charge in [0.2, 0.25) is 11.8 Å². The smallest absolute Gasteiger partial charge is 0.406 e. The maximum Gasteiger partial charge on any atom is 0.573 e. The average Bonchev–Trinajstić information content (AvgIpc) is 3.29. The molecule has 1 unspecified atom stereocenters. The Hall–Kier alpha value is -3.62. The van der Waals surface area contributed by atoms with Crippen molar-refractivity contribution in [1.29, 1.82) is 5.26 Å². The molecule has 8 nitrogen and oxygen atoms in total. The van der Waals surface area contributed by atoms with Crippen LogP contribution in [0.25, 0.3) is 0 Å². The summed E-state index contributed by atoms with van der Waals surface area (Å²) in [5, 5.41) is 12.4. The topological polar surface area (TPSA) is 103 Å². The normalized spacial score (nSPS) is 20.5. The number of nitrogens with zero attached hydrogens (tertiary/aromatic N) is 3. The molecule has 2 fully saturated rings. The number of piperidine rings is 2. The minimum absolute atomic E-state index is 0.0890. The highest BCUT2D eigenvalue weighted by Gasteiger charge is 2.40. The van der Waals surface area contributed by atoms with Crippen LogP contribution < -0.4 is 10.1 Å². The van der Waals surface area contributed by atoms with Crippen molar-refractivity contribution in [2.75, 3.05) is 19.6 Å². The number of benzene rings is 2. The first-order valence-corrected chi connectivity index (χ1v) is 14.8. The Morgan fingerprint density at radius 1 is 1.09 bits per heavy atom. The van der Waals surface area contributed by atoms with E-state index in [-0.39, 0.29) is 23.3 Å². The molecule has 0 spiro atoms. The molecule has 1 N–H and O–H groups in total. The fourth-order valence-corrected chi connectivity index (χ4v) is 6.74.